The third kappa shape index (κ3) is 17.2. The monoisotopic (exact) mass is 499 g/mol. The van der Waals surface area contributed by atoms with Crippen LogP contribution in [0.3, 0.4) is 0 Å². The van der Waals surface area contributed by atoms with Crippen LogP contribution < -0.4 is 16.0 Å². The fourth-order valence-corrected chi connectivity index (χ4v) is 3.58. The van der Waals surface area contributed by atoms with Crippen LogP contribution in [0, 0.1) is 0 Å². The first-order valence-corrected chi connectivity index (χ1v) is 13.0. The number of carbonyl (C=O) groups is 3. The Balaban J connectivity index is 2.29. The largest absolute Gasteiger partial charge is 0.459 e. The number of carbonyl (C=O) groups excluding carboxylic acids is 3. The molecule has 0 unspecified atom stereocenters. The predicted octanol–water partition coefficient (Wildman–Crippen LogP) is 1.74. The molecular formula is C25H49N5O5. The number of ether oxygens (including phenoxy) is 2. The van der Waals surface area contributed by atoms with Gasteiger partial charge in [0.25, 0.3) is 0 Å². The van der Waals surface area contributed by atoms with Crippen LogP contribution in [0.15, 0.2) is 0 Å². The second-order valence-corrected chi connectivity index (χ2v) is 11.0. The van der Waals surface area contributed by atoms with Gasteiger partial charge in [-0.3, -0.25) is 14.5 Å². The second-order valence-electron chi connectivity index (χ2n) is 11.0. The minimum atomic E-state index is -0.498. The zero-order valence-corrected chi connectivity index (χ0v) is 22.8. The fraction of sp³-hybridized carbons (Fsp3) is 0.880. The molecule has 0 radical (unpaired) electrons. The Morgan fingerprint density at radius 2 is 1.31 bits per heavy atom. The van der Waals surface area contributed by atoms with Crippen molar-refractivity contribution in [3.63, 3.8) is 0 Å². The molecule has 1 aliphatic heterocycles. The molecule has 2 amide bonds. The van der Waals surface area contributed by atoms with E-state index < -0.39 is 17.3 Å². The molecule has 0 bridgehead atoms. The van der Waals surface area contributed by atoms with Crippen molar-refractivity contribution in [1.82, 2.24) is 25.8 Å². The molecule has 35 heavy (non-hydrogen) atoms. The molecule has 0 aromatic carbocycles. The van der Waals surface area contributed by atoms with E-state index in [-0.39, 0.29) is 18.4 Å². The lowest BCUT2D eigenvalue weighted by atomic mass is 10.1. The Bertz CT molecular complexity index is 631. The van der Waals surface area contributed by atoms with Crippen LogP contribution in [0.4, 0.5) is 4.79 Å². The molecule has 0 aromatic rings. The Morgan fingerprint density at radius 3 is 1.86 bits per heavy atom. The maximum Gasteiger partial charge on any atom is 0.407 e. The van der Waals surface area contributed by atoms with Gasteiger partial charge < -0.3 is 30.3 Å². The topological polar surface area (TPSA) is 112 Å². The SMILES string of the molecule is CC(C)(C)OC(=O)CN1CCNCCN(C(=O)CCCCCNC(=O)OC(C)(C)C)CCNCC1. The summed E-state index contributed by atoms with van der Waals surface area (Å²) in [6, 6.07) is 0. The highest BCUT2D eigenvalue weighted by Gasteiger charge is 2.20. The molecule has 1 saturated heterocycles. The van der Waals surface area contributed by atoms with E-state index in [9.17, 15) is 14.4 Å². The highest BCUT2D eigenvalue weighted by Crippen LogP contribution is 2.08. The van der Waals surface area contributed by atoms with E-state index in [0.717, 1.165) is 45.4 Å². The molecule has 1 rings (SSSR count). The van der Waals surface area contributed by atoms with Crippen molar-refractivity contribution in [2.45, 2.75) is 78.4 Å². The van der Waals surface area contributed by atoms with E-state index in [1.54, 1.807) is 0 Å². The lowest BCUT2D eigenvalue weighted by Crippen LogP contribution is -2.46. The number of nitrogens with zero attached hydrogens (tertiary/aromatic N) is 2. The molecule has 10 nitrogen and oxygen atoms in total. The van der Waals surface area contributed by atoms with Gasteiger partial charge in [-0.05, 0) is 54.4 Å². The van der Waals surface area contributed by atoms with Crippen LogP contribution in [0.25, 0.3) is 0 Å². The maximum absolute atomic E-state index is 12.7. The third-order valence-corrected chi connectivity index (χ3v) is 5.19. The number of esters is 1. The predicted molar refractivity (Wildman–Crippen MR) is 137 cm³/mol. The second kappa shape index (κ2) is 16.0. The van der Waals surface area contributed by atoms with Gasteiger partial charge in [0, 0.05) is 65.3 Å². The highest BCUT2D eigenvalue weighted by molar-refractivity contribution is 5.76. The van der Waals surface area contributed by atoms with E-state index in [2.05, 4.69) is 20.9 Å². The standard InChI is InChI=1S/C25H49N5O5/c1-24(2,3)34-22(32)20-29-16-12-26-14-18-30(19-15-27-13-17-29)21(31)10-8-7-9-11-28-23(33)35-25(4,5)6/h26-27H,7-20H2,1-6H3,(H,28,33). The molecule has 1 heterocycles. The average Bonchev–Trinajstić information content (AvgIpc) is 2.69. The summed E-state index contributed by atoms with van der Waals surface area (Å²) >= 11 is 0. The van der Waals surface area contributed by atoms with Crippen molar-refractivity contribution in [1.29, 1.82) is 0 Å². The number of alkyl carbamates (subject to hydrolysis) is 1. The van der Waals surface area contributed by atoms with E-state index in [0.29, 0.717) is 39.1 Å². The van der Waals surface area contributed by atoms with Gasteiger partial charge in [0.1, 0.15) is 11.2 Å². The molecule has 10 heteroatoms. The number of hydrogen-bond donors (Lipinski definition) is 3. The molecule has 0 spiro atoms. The first kappa shape index (κ1) is 31.1. The Labute approximate surface area is 211 Å². The first-order valence-electron chi connectivity index (χ1n) is 13.0. The molecule has 0 atom stereocenters. The van der Waals surface area contributed by atoms with Crippen LogP contribution in [0.5, 0.6) is 0 Å². The number of amides is 2. The van der Waals surface area contributed by atoms with Crippen molar-refractivity contribution in [2.24, 2.45) is 0 Å². The molecule has 0 aromatic heterocycles. The third-order valence-electron chi connectivity index (χ3n) is 5.19. The molecule has 3 N–H and O–H groups in total. The van der Waals surface area contributed by atoms with Crippen molar-refractivity contribution in [3.8, 4) is 0 Å². The van der Waals surface area contributed by atoms with Crippen molar-refractivity contribution in [3.05, 3.63) is 0 Å². The Kier molecular flexibility index (Phi) is 14.2. The summed E-state index contributed by atoms with van der Waals surface area (Å²) in [5, 5.41) is 9.53. The van der Waals surface area contributed by atoms with Gasteiger partial charge in [-0.2, -0.15) is 0 Å². The average molecular weight is 500 g/mol. The molecular weight excluding hydrogens is 450 g/mol. The van der Waals surface area contributed by atoms with Crippen molar-refractivity contribution < 1.29 is 23.9 Å². The van der Waals surface area contributed by atoms with Gasteiger partial charge in [-0.1, -0.05) is 6.42 Å². The smallest absolute Gasteiger partial charge is 0.407 e. The molecule has 1 aliphatic rings. The van der Waals surface area contributed by atoms with Gasteiger partial charge in [-0.15, -0.1) is 0 Å². The molecule has 204 valence electrons. The summed E-state index contributed by atoms with van der Waals surface area (Å²) in [7, 11) is 0. The summed E-state index contributed by atoms with van der Waals surface area (Å²) in [6.45, 7) is 17.7. The van der Waals surface area contributed by atoms with E-state index >= 15 is 0 Å². The lowest BCUT2D eigenvalue weighted by Gasteiger charge is -2.27. The summed E-state index contributed by atoms with van der Waals surface area (Å²) in [4.78, 5) is 40.6. The van der Waals surface area contributed by atoms with E-state index in [1.165, 1.54) is 0 Å². The maximum atomic E-state index is 12.7. The lowest BCUT2D eigenvalue weighted by molar-refractivity contribution is -0.156. The van der Waals surface area contributed by atoms with Crippen LogP contribution in [-0.2, 0) is 19.1 Å². The summed E-state index contributed by atoms with van der Waals surface area (Å²) in [5.41, 5.74) is -0.977. The summed E-state index contributed by atoms with van der Waals surface area (Å²) in [5.74, 6) is -0.0423. The quantitative estimate of drug-likeness (QED) is 0.342. The number of nitrogens with one attached hydrogen (secondary N) is 3. The van der Waals surface area contributed by atoms with E-state index in [1.807, 2.05) is 46.4 Å². The summed E-state index contributed by atoms with van der Waals surface area (Å²) < 4.78 is 10.7. The van der Waals surface area contributed by atoms with Crippen molar-refractivity contribution in [2.75, 3.05) is 65.4 Å². The molecule has 0 saturated carbocycles. The number of unbranched alkanes of at least 4 members (excludes halogenated alkanes) is 2. The Hall–Kier alpha value is -1.91. The van der Waals surface area contributed by atoms with Gasteiger partial charge in [0.2, 0.25) is 5.91 Å². The molecule has 0 aliphatic carbocycles. The molecule has 1 fully saturated rings. The van der Waals surface area contributed by atoms with Crippen molar-refractivity contribution >= 4 is 18.0 Å². The van der Waals surface area contributed by atoms with Crippen LogP contribution in [0.2, 0.25) is 0 Å². The van der Waals surface area contributed by atoms with Gasteiger partial charge >= 0.3 is 12.1 Å². The van der Waals surface area contributed by atoms with Gasteiger partial charge in [0.15, 0.2) is 0 Å². The fourth-order valence-electron chi connectivity index (χ4n) is 3.58. The normalized spacial score (nSPS) is 17.1. The minimum Gasteiger partial charge on any atom is -0.459 e. The highest BCUT2D eigenvalue weighted by atomic mass is 16.6. The van der Waals surface area contributed by atoms with Gasteiger partial charge in [0.05, 0.1) is 6.54 Å². The van der Waals surface area contributed by atoms with Crippen LogP contribution in [0.1, 0.15) is 67.2 Å². The van der Waals surface area contributed by atoms with Crippen LogP contribution >= 0.6 is 0 Å². The van der Waals surface area contributed by atoms with E-state index in [4.69, 9.17) is 9.47 Å². The number of hydrogen-bond acceptors (Lipinski definition) is 8. The summed E-state index contributed by atoms with van der Waals surface area (Å²) in [6.07, 6.45) is 2.59. The Morgan fingerprint density at radius 1 is 0.771 bits per heavy atom. The zero-order chi connectivity index (χ0) is 26.3. The minimum absolute atomic E-state index is 0.164. The van der Waals surface area contributed by atoms with Gasteiger partial charge in [-0.25, -0.2) is 4.79 Å². The van der Waals surface area contributed by atoms with Crippen LogP contribution in [-0.4, -0.2) is 104 Å². The number of rotatable bonds is 8. The zero-order valence-electron chi connectivity index (χ0n) is 22.8. The first-order chi connectivity index (χ1) is 16.4.